The van der Waals surface area contributed by atoms with Crippen molar-refractivity contribution in [3.05, 3.63) is 12.2 Å². The van der Waals surface area contributed by atoms with Crippen molar-refractivity contribution in [1.82, 2.24) is 0 Å². The lowest BCUT2D eigenvalue weighted by Crippen LogP contribution is -2.24. The van der Waals surface area contributed by atoms with E-state index < -0.39 is 6.10 Å². The molecule has 192 valence electrons. The second-order valence-corrected chi connectivity index (χ2v) is 9.72. The molecule has 0 saturated heterocycles. The minimum atomic E-state index is -0.737. The highest BCUT2D eigenvalue weighted by molar-refractivity contribution is 4.81. The van der Waals surface area contributed by atoms with Gasteiger partial charge >= 0.3 is 0 Å². The molecule has 0 fully saturated rings. The van der Waals surface area contributed by atoms with Gasteiger partial charge in [-0.15, -0.1) is 0 Å². The SMILES string of the molecule is CCCCCCCC/C=C\CCCCCCCCCC(CCCCCC)OCC(O)CO. The Morgan fingerprint density at radius 3 is 1.47 bits per heavy atom. The molecule has 0 heterocycles. The molecule has 0 aliphatic carbocycles. The van der Waals surface area contributed by atoms with E-state index in [-0.39, 0.29) is 19.3 Å². The Labute approximate surface area is 201 Å². The van der Waals surface area contributed by atoms with Gasteiger partial charge in [-0.2, -0.15) is 0 Å². The molecule has 2 N–H and O–H groups in total. The standard InChI is InChI=1S/C29H58O3/c1-3-5-7-9-10-11-12-13-14-15-16-17-18-19-20-21-23-25-29(24-22-8-6-4-2)32-27-28(31)26-30/h13-14,28-31H,3-12,15-27H2,1-2H3/b14-13-. The van der Waals surface area contributed by atoms with Crippen LogP contribution in [0.5, 0.6) is 0 Å². The number of aliphatic hydroxyl groups is 2. The van der Waals surface area contributed by atoms with E-state index in [1.807, 2.05) is 0 Å². The van der Waals surface area contributed by atoms with Crippen LogP contribution >= 0.6 is 0 Å². The number of ether oxygens (including phenoxy) is 1. The lowest BCUT2D eigenvalue weighted by atomic mass is 10.0. The van der Waals surface area contributed by atoms with E-state index in [9.17, 15) is 5.11 Å². The molecule has 0 aromatic carbocycles. The van der Waals surface area contributed by atoms with Crippen LogP contribution in [0.1, 0.15) is 149 Å². The summed E-state index contributed by atoms with van der Waals surface area (Å²) in [5, 5.41) is 18.5. The highest BCUT2D eigenvalue weighted by Crippen LogP contribution is 2.17. The first-order valence-corrected chi connectivity index (χ1v) is 14.3. The quantitative estimate of drug-likeness (QED) is 0.102. The monoisotopic (exact) mass is 454 g/mol. The normalized spacial score (nSPS) is 13.8. The number of unbranched alkanes of at least 4 members (excludes halogenated alkanes) is 16. The topological polar surface area (TPSA) is 49.7 Å². The van der Waals surface area contributed by atoms with Gasteiger partial charge < -0.3 is 14.9 Å². The van der Waals surface area contributed by atoms with Crippen molar-refractivity contribution in [3.8, 4) is 0 Å². The van der Waals surface area contributed by atoms with Crippen molar-refractivity contribution in [3.63, 3.8) is 0 Å². The molecular weight excluding hydrogens is 396 g/mol. The number of hydrogen-bond acceptors (Lipinski definition) is 3. The van der Waals surface area contributed by atoms with Gasteiger partial charge in [0.25, 0.3) is 0 Å². The molecule has 0 amide bonds. The molecule has 0 aliphatic rings. The largest absolute Gasteiger partial charge is 0.394 e. The zero-order valence-electron chi connectivity index (χ0n) is 21.9. The number of hydrogen-bond donors (Lipinski definition) is 2. The van der Waals surface area contributed by atoms with Crippen LogP contribution in [-0.4, -0.2) is 35.6 Å². The van der Waals surface area contributed by atoms with Gasteiger partial charge in [0.15, 0.2) is 0 Å². The average Bonchev–Trinajstić information content (AvgIpc) is 2.81. The Morgan fingerprint density at radius 2 is 1.00 bits per heavy atom. The Morgan fingerprint density at radius 1 is 0.594 bits per heavy atom. The predicted molar refractivity (Wildman–Crippen MR) is 140 cm³/mol. The van der Waals surface area contributed by atoms with Crippen LogP contribution < -0.4 is 0 Å². The van der Waals surface area contributed by atoms with Crippen molar-refractivity contribution in [2.45, 2.75) is 161 Å². The zero-order chi connectivity index (χ0) is 23.5. The molecule has 0 spiro atoms. The zero-order valence-corrected chi connectivity index (χ0v) is 21.9. The van der Waals surface area contributed by atoms with E-state index in [0.29, 0.717) is 0 Å². The minimum absolute atomic E-state index is 0.211. The van der Waals surface area contributed by atoms with Gasteiger partial charge in [0.1, 0.15) is 6.10 Å². The Bertz CT molecular complexity index is 369. The second kappa shape index (κ2) is 26.9. The fraction of sp³-hybridized carbons (Fsp3) is 0.931. The Hall–Kier alpha value is -0.380. The summed E-state index contributed by atoms with van der Waals surface area (Å²) >= 11 is 0. The highest BCUT2D eigenvalue weighted by Gasteiger charge is 2.11. The van der Waals surface area contributed by atoms with E-state index in [4.69, 9.17) is 9.84 Å². The van der Waals surface area contributed by atoms with Crippen LogP contribution in [0.15, 0.2) is 12.2 Å². The summed E-state index contributed by atoms with van der Waals surface area (Å²) in [6.45, 7) is 4.57. The first-order chi connectivity index (χ1) is 15.7. The smallest absolute Gasteiger partial charge is 0.100 e. The average molecular weight is 455 g/mol. The summed E-state index contributed by atoms with van der Waals surface area (Å²) in [6, 6.07) is 0. The molecule has 0 aliphatic heterocycles. The van der Waals surface area contributed by atoms with Crippen LogP contribution in [-0.2, 0) is 4.74 Å². The van der Waals surface area contributed by atoms with E-state index in [0.717, 1.165) is 12.8 Å². The van der Waals surface area contributed by atoms with Crippen molar-refractivity contribution >= 4 is 0 Å². The molecule has 0 rings (SSSR count). The lowest BCUT2D eigenvalue weighted by molar-refractivity contribution is -0.0350. The van der Waals surface area contributed by atoms with Gasteiger partial charge in [-0.3, -0.25) is 0 Å². The third-order valence-corrected chi connectivity index (χ3v) is 6.40. The summed E-state index contributed by atoms with van der Waals surface area (Å²) in [4.78, 5) is 0. The molecule has 32 heavy (non-hydrogen) atoms. The summed E-state index contributed by atoms with van der Waals surface area (Å²) in [7, 11) is 0. The van der Waals surface area contributed by atoms with E-state index >= 15 is 0 Å². The number of rotatable bonds is 26. The molecule has 0 aromatic heterocycles. The first-order valence-electron chi connectivity index (χ1n) is 14.3. The lowest BCUT2D eigenvalue weighted by Gasteiger charge is -2.19. The third kappa shape index (κ3) is 24.3. The second-order valence-electron chi connectivity index (χ2n) is 9.72. The Balaban J connectivity index is 3.55. The number of allylic oxidation sites excluding steroid dienone is 2. The van der Waals surface area contributed by atoms with Gasteiger partial charge in [-0.1, -0.05) is 122 Å². The maximum absolute atomic E-state index is 9.56. The van der Waals surface area contributed by atoms with Crippen LogP contribution in [0.25, 0.3) is 0 Å². The summed E-state index contributed by atoms with van der Waals surface area (Å²) < 4.78 is 5.89. The molecule has 2 atom stereocenters. The van der Waals surface area contributed by atoms with Crippen molar-refractivity contribution < 1.29 is 14.9 Å². The summed E-state index contributed by atoms with van der Waals surface area (Å²) in [5.74, 6) is 0. The number of aliphatic hydroxyl groups excluding tert-OH is 2. The molecule has 0 saturated carbocycles. The summed E-state index contributed by atoms with van der Waals surface area (Å²) in [6.07, 6.45) is 31.7. The highest BCUT2D eigenvalue weighted by atomic mass is 16.5. The Kier molecular flexibility index (Phi) is 26.5. The van der Waals surface area contributed by atoms with Crippen molar-refractivity contribution in [2.75, 3.05) is 13.2 Å². The molecule has 3 heteroatoms. The van der Waals surface area contributed by atoms with E-state index in [1.54, 1.807) is 0 Å². The van der Waals surface area contributed by atoms with Crippen LogP contribution in [0.3, 0.4) is 0 Å². The van der Waals surface area contributed by atoms with Gasteiger partial charge in [0, 0.05) is 0 Å². The summed E-state index contributed by atoms with van der Waals surface area (Å²) in [5.41, 5.74) is 0. The molecule has 0 bridgehead atoms. The van der Waals surface area contributed by atoms with Crippen molar-refractivity contribution in [1.29, 1.82) is 0 Å². The molecule has 2 unspecified atom stereocenters. The van der Waals surface area contributed by atoms with Gasteiger partial charge in [0.2, 0.25) is 0 Å². The van der Waals surface area contributed by atoms with Crippen LogP contribution in [0, 0.1) is 0 Å². The van der Waals surface area contributed by atoms with E-state index in [1.165, 1.54) is 122 Å². The first kappa shape index (κ1) is 31.6. The minimum Gasteiger partial charge on any atom is -0.394 e. The van der Waals surface area contributed by atoms with Gasteiger partial charge in [0.05, 0.1) is 19.3 Å². The fourth-order valence-corrected chi connectivity index (χ4v) is 4.21. The molecule has 0 radical (unpaired) electrons. The molecule has 3 nitrogen and oxygen atoms in total. The van der Waals surface area contributed by atoms with Crippen LogP contribution in [0.4, 0.5) is 0 Å². The van der Waals surface area contributed by atoms with Gasteiger partial charge in [-0.25, -0.2) is 0 Å². The maximum Gasteiger partial charge on any atom is 0.100 e. The third-order valence-electron chi connectivity index (χ3n) is 6.40. The predicted octanol–water partition coefficient (Wildman–Crippen LogP) is 8.51. The van der Waals surface area contributed by atoms with Crippen LogP contribution in [0.2, 0.25) is 0 Å². The maximum atomic E-state index is 9.56. The van der Waals surface area contributed by atoms with Crippen molar-refractivity contribution in [2.24, 2.45) is 0 Å². The fourth-order valence-electron chi connectivity index (χ4n) is 4.21. The van der Waals surface area contributed by atoms with Gasteiger partial charge in [-0.05, 0) is 38.5 Å². The van der Waals surface area contributed by atoms with E-state index in [2.05, 4.69) is 26.0 Å². The molecule has 0 aromatic rings. The molecular formula is C29H58O3.